The molecule has 1 N–H and O–H groups in total. The van der Waals surface area contributed by atoms with Crippen LogP contribution in [0, 0.1) is 6.92 Å². The number of benzene rings is 2. The first-order chi connectivity index (χ1) is 12.6. The van der Waals surface area contributed by atoms with Crippen molar-refractivity contribution in [3.05, 3.63) is 72.1 Å². The predicted molar refractivity (Wildman–Crippen MR) is 99.2 cm³/mol. The number of ether oxygens (including phenoxy) is 1. The van der Waals surface area contributed by atoms with E-state index in [9.17, 15) is 4.79 Å². The normalized spacial score (nSPS) is 10.7. The van der Waals surface area contributed by atoms with Gasteiger partial charge in [0.05, 0.1) is 12.2 Å². The number of hydrogen-bond donors (Lipinski definition) is 1. The average molecular weight is 351 g/mol. The van der Waals surface area contributed by atoms with E-state index < -0.39 is 0 Å². The van der Waals surface area contributed by atoms with Gasteiger partial charge < -0.3 is 14.6 Å². The number of nitrogens with zero attached hydrogens (tertiary/aromatic N) is 2. The maximum absolute atomic E-state index is 12.2. The summed E-state index contributed by atoms with van der Waals surface area (Å²) < 4.78 is 10.8. The zero-order valence-electron chi connectivity index (χ0n) is 14.8. The maximum Gasteiger partial charge on any atom is 0.238 e. The van der Waals surface area contributed by atoms with Crippen LogP contribution in [0.25, 0.3) is 0 Å². The number of aryl methyl sites for hydroxylation is 1. The number of rotatable bonds is 7. The third-order valence-corrected chi connectivity index (χ3v) is 3.64. The number of hydrogen-bond acceptors (Lipinski definition) is 5. The van der Waals surface area contributed by atoms with E-state index in [4.69, 9.17) is 9.26 Å². The molecule has 6 heteroatoms. The quantitative estimate of drug-likeness (QED) is 0.700. The monoisotopic (exact) mass is 351 g/mol. The molecular weight excluding hydrogens is 330 g/mol. The smallest absolute Gasteiger partial charge is 0.238 e. The van der Waals surface area contributed by atoms with E-state index in [0.717, 1.165) is 22.9 Å². The van der Waals surface area contributed by atoms with Crippen molar-refractivity contribution in [3.8, 4) is 11.5 Å². The largest absolute Gasteiger partial charge is 0.457 e. The SMILES string of the molecule is Cc1cc(CN(C)CC(=O)Nc2ccc(Oc3ccccc3)cc2)no1. The first kappa shape index (κ1) is 17.7. The van der Waals surface area contributed by atoms with E-state index in [1.54, 1.807) is 0 Å². The van der Waals surface area contributed by atoms with E-state index in [0.29, 0.717) is 12.3 Å². The summed E-state index contributed by atoms with van der Waals surface area (Å²) in [6, 6.07) is 18.7. The molecule has 0 spiro atoms. The van der Waals surface area contributed by atoms with Crippen molar-refractivity contribution in [2.75, 3.05) is 18.9 Å². The highest BCUT2D eigenvalue weighted by molar-refractivity contribution is 5.92. The van der Waals surface area contributed by atoms with Crippen LogP contribution >= 0.6 is 0 Å². The highest BCUT2D eigenvalue weighted by atomic mass is 16.5. The van der Waals surface area contributed by atoms with Gasteiger partial charge in [0.15, 0.2) is 0 Å². The molecule has 2 aromatic carbocycles. The number of nitrogens with one attached hydrogen (secondary N) is 1. The molecule has 0 fully saturated rings. The summed E-state index contributed by atoms with van der Waals surface area (Å²) in [6.07, 6.45) is 0. The summed E-state index contributed by atoms with van der Waals surface area (Å²) in [5, 5.41) is 6.80. The van der Waals surface area contributed by atoms with Gasteiger partial charge in [-0.25, -0.2) is 0 Å². The van der Waals surface area contributed by atoms with Gasteiger partial charge in [-0.15, -0.1) is 0 Å². The van der Waals surface area contributed by atoms with Crippen molar-refractivity contribution in [2.45, 2.75) is 13.5 Å². The summed E-state index contributed by atoms with van der Waals surface area (Å²) in [5.74, 6) is 2.15. The Morgan fingerprint density at radius 3 is 2.46 bits per heavy atom. The molecule has 0 aliphatic rings. The Bertz CT molecular complexity index is 844. The minimum absolute atomic E-state index is 0.0931. The third-order valence-electron chi connectivity index (χ3n) is 3.64. The highest BCUT2D eigenvalue weighted by Gasteiger charge is 2.10. The molecule has 0 saturated heterocycles. The van der Waals surface area contributed by atoms with Crippen LogP contribution < -0.4 is 10.1 Å². The third kappa shape index (κ3) is 5.19. The predicted octanol–water partition coefficient (Wildman–Crippen LogP) is 3.85. The number of aromatic nitrogens is 1. The number of anilines is 1. The molecule has 6 nitrogen and oxygen atoms in total. The fourth-order valence-electron chi connectivity index (χ4n) is 2.50. The molecule has 0 atom stereocenters. The molecule has 0 aliphatic carbocycles. The van der Waals surface area contributed by atoms with Crippen LogP contribution in [-0.4, -0.2) is 29.6 Å². The fraction of sp³-hybridized carbons (Fsp3) is 0.200. The Kier molecular flexibility index (Phi) is 5.66. The van der Waals surface area contributed by atoms with Crippen LogP contribution in [0.15, 0.2) is 65.2 Å². The second kappa shape index (κ2) is 8.31. The van der Waals surface area contributed by atoms with Crippen LogP contribution in [0.3, 0.4) is 0 Å². The lowest BCUT2D eigenvalue weighted by Crippen LogP contribution is -2.29. The van der Waals surface area contributed by atoms with Crippen molar-refractivity contribution in [1.29, 1.82) is 0 Å². The summed E-state index contributed by atoms with van der Waals surface area (Å²) in [5.41, 5.74) is 1.53. The fourth-order valence-corrected chi connectivity index (χ4v) is 2.50. The minimum Gasteiger partial charge on any atom is -0.457 e. The Balaban J connectivity index is 1.49. The second-order valence-electron chi connectivity index (χ2n) is 6.09. The molecule has 0 saturated carbocycles. The zero-order valence-corrected chi connectivity index (χ0v) is 14.8. The summed E-state index contributed by atoms with van der Waals surface area (Å²) in [4.78, 5) is 14.0. The molecule has 0 bridgehead atoms. The first-order valence-electron chi connectivity index (χ1n) is 8.32. The Morgan fingerprint density at radius 1 is 1.12 bits per heavy atom. The molecule has 1 aromatic heterocycles. The van der Waals surface area contributed by atoms with Gasteiger partial charge in [-0.05, 0) is 50.4 Å². The summed E-state index contributed by atoms with van der Waals surface area (Å²) in [7, 11) is 1.86. The van der Waals surface area contributed by atoms with E-state index in [1.165, 1.54) is 0 Å². The topological polar surface area (TPSA) is 67.6 Å². The Hall–Kier alpha value is -3.12. The molecule has 26 heavy (non-hydrogen) atoms. The average Bonchev–Trinajstić information content (AvgIpc) is 3.02. The van der Waals surface area contributed by atoms with Crippen molar-refractivity contribution < 1.29 is 14.1 Å². The molecule has 3 rings (SSSR count). The molecule has 0 unspecified atom stereocenters. The van der Waals surface area contributed by atoms with Crippen LogP contribution in [0.5, 0.6) is 11.5 Å². The highest BCUT2D eigenvalue weighted by Crippen LogP contribution is 2.22. The maximum atomic E-state index is 12.2. The van der Waals surface area contributed by atoms with E-state index in [-0.39, 0.29) is 12.5 Å². The van der Waals surface area contributed by atoms with Crippen LogP contribution in [0.1, 0.15) is 11.5 Å². The number of para-hydroxylation sites is 1. The van der Waals surface area contributed by atoms with Gasteiger partial charge in [-0.2, -0.15) is 0 Å². The van der Waals surface area contributed by atoms with Gasteiger partial charge in [0.2, 0.25) is 5.91 Å². The number of carbonyl (C=O) groups excluding carboxylic acids is 1. The van der Waals surface area contributed by atoms with Gasteiger partial charge >= 0.3 is 0 Å². The number of likely N-dealkylation sites (N-methyl/N-ethyl adjacent to an activating group) is 1. The lowest BCUT2D eigenvalue weighted by Gasteiger charge is -2.14. The summed E-state index contributed by atoms with van der Waals surface area (Å²) >= 11 is 0. The van der Waals surface area contributed by atoms with Gasteiger partial charge in [-0.3, -0.25) is 9.69 Å². The summed E-state index contributed by atoms with van der Waals surface area (Å²) in [6.45, 7) is 2.65. The first-order valence-corrected chi connectivity index (χ1v) is 8.32. The van der Waals surface area contributed by atoms with Crippen LogP contribution in [0.4, 0.5) is 5.69 Å². The van der Waals surface area contributed by atoms with Gasteiger partial charge in [0.25, 0.3) is 0 Å². The van der Waals surface area contributed by atoms with E-state index in [2.05, 4.69) is 10.5 Å². The molecule has 0 radical (unpaired) electrons. The van der Waals surface area contributed by atoms with E-state index >= 15 is 0 Å². The zero-order chi connectivity index (χ0) is 18.4. The standard InChI is InChI=1S/C20H21N3O3/c1-15-12-17(22-26-15)13-23(2)14-20(24)21-16-8-10-19(11-9-16)25-18-6-4-3-5-7-18/h3-12H,13-14H2,1-2H3,(H,21,24). The molecule has 3 aromatic rings. The van der Waals surface area contributed by atoms with Crippen molar-refractivity contribution in [3.63, 3.8) is 0 Å². The van der Waals surface area contributed by atoms with Crippen LogP contribution in [0.2, 0.25) is 0 Å². The molecule has 0 aliphatic heterocycles. The van der Waals surface area contributed by atoms with Crippen molar-refractivity contribution in [1.82, 2.24) is 10.1 Å². The Labute approximate surface area is 152 Å². The van der Waals surface area contributed by atoms with E-state index in [1.807, 2.05) is 79.5 Å². The molecule has 1 heterocycles. The van der Waals surface area contributed by atoms with Crippen molar-refractivity contribution >= 4 is 11.6 Å². The second-order valence-corrected chi connectivity index (χ2v) is 6.09. The van der Waals surface area contributed by atoms with Gasteiger partial charge in [0, 0.05) is 18.3 Å². The van der Waals surface area contributed by atoms with Gasteiger partial charge in [-0.1, -0.05) is 23.4 Å². The lowest BCUT2D eigenvalue weighted by molar-refractivity contribution is -0.117. The van der Waals surface area contributed by atoms with Crippen molar-refractivity contribution in [2.24, 2.45) is 0 Å². The minimum atomic E-state index is -0.0931. The van der Waals surface area contributed by atoms with Crippen LogP contribution in [-0.2, 0) is 11.3 Å². The molecule has 1 amide bonds. The van der Waals surface area contributed by atoms with Gasteiger partial charge in [0.1, 0.15) is 17.3 Å². The number of carbonyl (C=O) groups is 1. The molecular formula is C20H21N3O3. The number of amides is 1. The lowest BCUT2D eigenvalue weighted by atomic mass is 10.3. The molecule has 134 valence electrons. The Morgan fingerprint density at radius 2 is 1.81 bits per heavy atom.